The zero-order valence-electron chi connectivity index (χ0n) is 11.6. The fourth-order valence-electron chi connectivity index (χ4n) is 2.77. The van der Waals surface area contributed by atoms with Gasteiger partial charge in [-0.1, -0.05) is 6.42 Å². The minimum atomic E-state index is -0.804. The maximum absolute atomic E-state index is 12.3. The van der Waals surface area contributed by atoms with Gasteiger partial charge in [-0.3, -0.25) is 4.79 Å². The molecule has 3 rings (SSSR count). The van der Waals surface area contributed by atoms with Crippen LogP contribution in [0.5, 0.6) is 0 Å². The second-order valence-electron chi connectivity index (χ2n) is 5.67. The molecule has 0 aromatic carbocycles. The molecule has 1 aliphatic heterocycles. The van der Waals surface area contributed by atoms with E-state index in [4.69, 9.17) is 10.5 Å². The molecule has 6 heteroatoms. The Morgan fingerprint density at radius 3 is 2.80 bits per heavy atom. The van der Waals surface area contributed by atoms with E-state index in [1.165, 1.54) is 29.8 Å². The maximum Gasteiger partial charge on any atom is 0.246 e. The lowest BCUT2D eigenvalue weighted by Crippen LogP contribution is -2.54. The highest BCUT2D eigenvalue weighted by Crippen LogP contribution is 2.30. The Morgan fingerprint density at radius 2 is 2.00 bits per heavy atom. The number of thiazole rings is 1. The first kappa shape index (κ1) is 14.0. The third kappa shape index (κ3) is 2.87. The Kier molecular flexibility index (Phi) is 4.05. The molecular weight excluding hydrogens is 274 g/mol. The summed E-state index contributed by atoms with van der Waals surface area (Å²) in [7, 11) is 0. The molecule has 3 N–H and O–H groups in total. The molecule has 2 heterocycles. The van der Waals surface area contributed by atoms with Crippen LogP contribution in [0.3, 0.4) is 0 Å². The van der Waals surface area contributed by atoms with Crippen LogP contribution in [0.15, 0.2) is 0 Å². The second kappa shape index (κ2) is 5.79. The van der Waals surface area contributed by atoms with Gasteiger partial charge in [0.05, 0.1) is 5.69 Å². The van der Waals surface area contributed by atoms with Gasteiger partial charge in [0.1, 0.15) is 5.54 Å². The van der Waals surface area contributed by atoms with Gasteiger partial charge in [-0.2, -0.15) is 0 Å². The third-order valence-corrected chi connectivity index (χ3v) is 5.23. The minimum Gasteiger partial charge on any atom is -0.381 e. The lowest BCUT2D eigenvalue weighted by atomic mass is 9.90. The first-order valence-electron chi connectivity index (χ1n) is 7.34. The van der Waals surface area contributed by atoms with Crippen molar-refractivity contribution in [3.05, 3.63) is 10.6 Å². The highest BCUT2D eigenvalue weighted by Gasteiger charge is 2.36. The number of nitrogens with two attached hydrogens (primary N) is 1. The van der Waals surface area contributed by atoms with Crippen LogP contribution in [-0.2, 0) is 22.4 Å². The summed E-state index contributed by atoms with van der Waals surface area (Å²) in [6.07, 6.45) is 6.96. The van der Waals surface area contributed by atoms with E-state index in [0.29, 0.717) is 31.2 Å². The van der Waals surface area contributed by atoms with E-state index >= 15 is 0 Å². The highest BCUT2D eigenvalue weighted by atomic mass is 32.1. The van der Waals surface area contributed by atoms with E-state index in [1.807, 2.05) is 0 Å². The van der Waals surface area contributed by atoms with Crippen LogP contribution < -0.4 is 11.1 Å². The van der Waals surface area contributed by atoms with Gasteiger partial charge in [0.25, 0.3) is 0 Å². The van der Waals surface area contributed by atoms with Gasteiger partial charge in [0, 0.05) is 18.1 Å². The number of hydrogen-bond acceptors (Lipinski definition) is 5. The van der Waals surface area contributed by atoms with Crippen LogP contribution in [-0.4, -0.2) is 29.6 Å². The Morgan fingerprint density at radius 1 is 1.25 bits per heavy atom. The summed E-state index contributed by atoms with van der Waals surface area (Å²) < 4.78 is 5.27. The van der Waals surface area contributed by atoms with E-state index in [9.17, 15) is 4.79 Å². The lowest BCUT2D eigenvalue weighted by Gasteiger charge is -2.31. The van der Waals surface area contributed by atoms with Crippen molar-refractivity contribution in [3.63, 3.8) is 0 Å². The number of carbonyl (C=O) groups excluding carboxylic acids is 1. The fraction of sp³-hybridized carbons (Fsp3) is 0.714. The zero-order valence-corrected chi connectivity index (χ0v) is 12.4. The lowest BCUT2D eigenvalue weighted by molar-refractivity contribution is -0.124. The summed E-state index contributed by atoms with van der Waals surface area (Å²) in [5.41, 5.74) is 6.55. The number of fused-ring (bicyclic) bond motifs is 1. The predicted molar refractivity (Wildman–Crippen MR) is 79.0 cm³/mol. The van der Waals surface area contributed by atoms with Gasteiger partial charge in [-0.25, -0.2) is 4.98 Å². The van der Waals surface area contributed by atoms with Gasteiger partial charge >= 0.3 is 0 Å². The Balaban J connectivity index is 1.69. The summed E-state index contributed by atoms with van der Waals surface area (Å²) in [5, 5.41) is 3.62. The normalized spacial score (nSPS) is 21.9. The first-order valence-corrected chi connectivity index (χ1v) is 8.16. The number of rotatable bonds is 2. The molecule has 1 amide bonds. The van der Waals surface area contributed by atoms with Crippen LogP contribution in [0.2, 0.25) is 0 Å². The van der Waals surface area contributed by atoms with E-state index in [1.54, 1.807) is 11.3 Å². The molecule has 5 nitrogen and oxygen atoms in total. The van der Waals surface area contributed by atoms with Gasteiger partial charge in [0.15, 0.2) is 5.13 Å². The number of nitrogens with zero attached hydrogens (tertiary/aromatic N) is 1. The van der Waals surface area contributed by atoms with Crippen LogP contribution in [0.4, 0.5) is 5.13 Å². The van der Waals surface area contributed by atoms with Gasteiger partial charge in [-0.05, 0) is 38.5 Å². The highest BCUT2D eigenvalue weighted by molar-refractivity contribution is 7.15. The summed E-state index contributed by atoms with van der Waals surface area (Å²) in [6.45, 7) is 1.11. The third-order valence-electron chi connectivity index (χ3n) is 4.15. The SMILES string of the molecule is NC1(C(=O)Nc2nc3c(s2)CCCCC3)CCOCC1. The Bertz CT molecular complexity index is 471. The molecule has 1 aromatic heterocycles. The maximum atomic E-state index is 12.3. The molecular formula is C14H21N3O2S. The molecule has 1 saturated heterocycles. The number of anilines is 1. The van der Waals surface area contributed by atoms with Crippen molar-refractivity contribution in [2.75, 3.05) is 18.5 Å². The van der Waals surface area contributed by atoms with Crippen LogP contribution in [0, 0.1) is 0 Å². The first-order chi connectivity index (χ1) is 9.67. The number of aromatic nitrogens is 1. The smallest absolute Gasteiger partial charge is 0.246 e. The van der Waals surface area contributed by atoms with E-state index < -0.39 is 5.54 Å². The number of hydrogen-bond donors (Lipinski definition) is 2. The number of ether oxygens (including phenoxy) is 1. The van der Waals surface area contributed by atoms with Crippen molar-refractivity contribution >= 4 is 22.4 Å². The molecule has 1 aromatic rings. The number of amides is 1. The van der Waals surface area contributed by atoms with Crippen LogP contribution in [0.1, 0.15) is 42.7 Å². The van der Waals surface area contributed by atoms with E-state index in [2.05, 4.69) is 10.3 Å². The van der Waals surface area contributed by atoms with Crippen LogP contribution >= 0.6 is 11.3 Å². The van der Waals surface area contributed by atoms with Crippen molar-refractivity contribution in [2.45, 2.75) is 50.5 Å². The standard InChI is InChI=1S/C14H21N3O2S/c15-14(6-8-19-9-7-14)12(18)17-13-16-10-4-2-1-3-5-11(10)20-13/h1-9,15H2,(H,16,17,18). The summed E-state index contributed by atoms with van der Waals surface area (Å²) in [5.74, 6) is -0.121. The van der Waals surface area contributed by atoms with Crippen molar-refractivity contribution in [3.8, 4) is 0 Å². The van der Waals surface area contributed by atoms with Crippen LogP contribution in [0.25, 0.3) is 0 Å². The summed E-state index contributed by atoms with van der Waals surface area (Å²) >= 11 is 1.61. The molecule has 0 bridgehead atoms. The minimum absolute atomic E-state index is 0.121. The molecule has 2 aliphatic rings. The van der Waals surface area contributed by atoms with E-state index in [0.717, 1.165) is 12.8 Å². The molecule has 0 atom stereocenters. The molecule has 1 aliphatic carbocycles. The van der Waals surface area contributed by atoms with E-state index in [-0.39, 0.29) is 5.91 Å². The van der Waals surface area contributed by atoms with Crippen molar-refractivity contribution in [1.29, 1.82) is 0 Å². The van der Waals surface area contributed by atoms with Gasteiger partial charge in [-0.15, -0.1) is 11.3 Å². The molecule has 0 spiro atoms. The second-order valence-corrected chi connectivity index (χ2v) is 6.76. The topological polar surface area (TPSA) is 77.2 Å². The van der Waals surface area contributed by atoms with Crippen molar-refractivity contribution in [1.82, 2.24) is 4.98 Å². The molecule has 20 heavy (non-hydrogen) atoms. The Labute approximate surface area is 122 Å². The summed E-state index contributed by atoms with van der Waals surface area (Å²) in [4.78, 5) is 18.3. The Hall–Kier alpha value is -0.980. The van der Waals surface area contributed by atoms with Gasteiger partial charge in [0.2, 0.25) is 5.91 Å². The molecule has 110 valence electrons. The fourth-order valence-corrected chi connectivity index (χ4v) is 3.81. The number of carbonyl (C=O) groups is 1. The van der Waals surface area contributed by atoms with Crippen molar-refractivity contribution < 1.29 is 9.53 Å². The largest absolute Gasteiger partial charge is 0.381 e. The number of aryl methyl sites for hydroxylation is 2. The summed E-state index contributed by atoms with van der Waals surface area (Å²) in [6, 6.07) is 0. The molecule has 0 unspecified atom stereocenters. The molecule has 0 radical (unpaired) electrons. The van der Waals surface area contributed by atoms with Crippen molar-refractivity contribution in [2.24, 2.45) is 5.73 Å². The monoisotopic (exact) mass is 295 g/mol. The average molecular weight is 295 g/mol. The average Bonchev–Trinajstić information content (AvgIpc) is 2.68. The van der Waals surface area contributed by atoms with Gasteiger partial charge < -0.3 is 15.8 Å². The molecule has 0 saturated carbocycles. The molecule has 1 fully saturated rings. The quantitative estimate of drug-likeness (QED) is 0.816. The zero-order chi connectivity index (χ0) is 14.0. The predicted octanol–water partition coefficient (Wildman–Crippen LogP) is 1.86. The number of nitrogens with one attached hydrogen (secondary N) is 1.